The molecule has 1 saturated carbocycles. The highest BCUT2D eigenvalue weighted by Crippen LogP contribution is 2.38. The summed E-state index contributed by atoms with van der Waals surface area (Å²) in [6.45, 7) is 3.60. The third-order valence-corrected chi connectivity index (χ3v) is 2.47. The van der Waals surface area contributed by atoms with E-state index < -0.39 is 0 Å². The molecule has 2 unspecified atom stereocenters. The van der Waals surface area contributed by atoms with Gasteiger partial charge in [0.1, 0.15) is 0 Å². The summed E-state index contributed by atoms with van der Waals surface area (Å²) in [7, 11) is 0. The van der Waals surface area contributed by atoms with Gasteiger partial charge in [-0.3, -0.25) is 0 Å². The molecule has 1 fully saturated rings. The zero-order valence-corrected chi connectivity index (χ0v) is 7.14. The minimum absolute atomic E-state index is 0.425. The lowest BCUT2D eigenvalue weighted by Gasteiger charge is -1.99. The van der Waals surface area contributed by atoms with Crippen LogP contribution in [0.25, 0.3) is 0 Å². The van der Waals surface area contributed by atoms with Gasteiger partial charge in [-0.25, -0.2) is 4.68 Å². The molecule has 0 aromatic carbocycles. The summed E-state index contributed by atoms with van der Waals surface area (Å²) in [6.07, 6.45) is 1.30. The first kappa shape index (κ1) is 7.67. The summed E-state index contributed by atoms with van der Waals surface area (Å²) in [5, 5.41) is 11.3. The summed E-state index contributed by atoms with van der Waals surface area (Å²) < 4.78 is 1.81. The van der Waals surface area contributed by atoms with Crippen LogP contribution in [0.15, 0.2) is 0 Å². The number of tetrazole rings is 1. The molecule has 2 N–H and O–H groups in total. The number of rotatable bonds is 3. The molecule has 0 saturated heterocycles. The van der Waals surface area contributed by atoms with Gasteiger partial charge >= 0.3 is 0 Å². The van der Waals surface area contributed by atoms with Crippen molar-refractivity contribution in [2.24, 2.45) is 17.6 Å². The first-order chi connectivity index (χ1) is 5.81. The van der Waals surface area contributed by atoms with E-state index in [1.807, 2.05) is 4.68 Å². The number of hydrogen-bond donors (Lipinski definition) is 1. The van der Waals surface area contributed by atoms with Crippen molar-refractivity contribution in [1.29, 1.82) is 0 Å². The van der Waals surface area contributed by atoms with Crippen LogP contribution in [0.4, 0.5) is 0 Å². The average molecular weight is 167 g/mol. The second-order valence-corrected chi connectivity index (χ2v) is 3.45. The van der Waals surface area contributed by atoms with Crippen molar-refractivity contribution in [3.05, 3.63) is 5.82 Å². The molecule has 1 aliphatic rings. The van der Waals surface area contributed by atoms with Crippen molar-refractivity contribution in [2.45, 2.75) is 26.4 Å². The molecule has 0 radical (unpaired) electrons. The van der Waals surface area contributed by atoms with Crippen molar-refractivity contribution in [3.63, 3.8) is 0 Å². The van der Waals surface area contributed by atoms with Gasteiger partial charge in [-0.2, -0.15) is 0 Å². The third kappa shape index (κ3) is 1.32. The molecule has 0 bridgehead atoms. The Morgan fingerprint density at radius 2 is 2.42 bits per heavy atom. The topological polar surface area (TPSA) is 69.6 Å². The van der Waals surface area contributed by atoms with E-state index in [1.165, 1.54) is 6.42 Å². The summed E-state index contributed by atoms with van der Waals surface area (Å²) in [5.74, 6) is 2.38. The van der Waals surface area contributed by atoms with E-state index in [4.69, 9.17) is 5.73 Å². The second-order valence-electron chi connectivity index (χ2n) is 3.45. The van der Waals surface area contributed by atoms with Crippen LogP contribution >= 0.6 is 0 Å². The largest absolute Gasteiger partial charge is 0.324 e. The Kier molecular flexibility index (Phi) is 1.80. The Balaban J connectivity index is 2.02. The molecule has 1 aromatic heterocycles. The van der Waals surface area contributed by atoms with E-state index in [2.05, 4.69) is 22.4 Å². The van der Waals surface area contributed by atoms with Crippen molar-refractivity contribution in [2.75, 3.05) is 0 Å². The summed E-state index contributed by atoms with van der Waals surface area (Å²) in [6, 6.07) is 0. The van der Waals surface area contributed by atoms with Crippen molar-refractivity contribution < 1.29 is 0 Å². The molecule has 1 heterocycles. The maximum absolute atomic E-state index is 5.46. The maximum Gasteiger partial charge on any atom is 0.164 e. The zero-order valence-electron chi connectivity index (χ0n) is 7.14. The maximum atomic E-state index is 5.46. The van der Waals surface area contributed by atoms with Gasteiger partial charge in [-0.05, 0) is 28.7 Å². The lowest BCUT2D eigenvalue weighted by molar-refractivity contribution is 0.506. The number of aromatic nitrogens is 4. The van der Waals surface area contributed by atoms with Crippen molar-refractivity contribution in [1.82, 2.24) is 20.2 Å². The summed E-state index contributed by atoms with van der Waals surface area (Å²) in [4.78, 5) is 0. The molecule has 1 aromatic rings. The Bertz CT molecular complexity index is 269. The number of nitrogens with zero attached hydrogens (tertiary/aromatic N) is 4. The van der Waals surface area contributed by atoms with Crippen LogP contribution in [-0.2, 0) is 13.1 Å². The predicted octanol–water partition coefficient (Wildman–Crippen LogP) is -0.212. The molecular weight excluding hydrogens is 154 g/mol. The van der Waals surface area contributed by atoms with Crippen molar-refractivity contribution in [3.8, 4) is 0 Å². The van der Waals surface area contributed by atoms with Crippen molar-refractivity contribution >= 4 is 0 Å². The Morgan fingerprint density at radius 1 is 1.67 bits per heavy atom. The highest BCUT2D eigenvalue weighted by molar-refractivity contribution is 4.86. The molecule has 0 aliphatic heterocycles. The van der Waals surface area contributed by atoms with Gasteiger partial charge in [0, 0.05) is 6.54 Å². The van der Waals surface area contributed by atoms with Gasteiger partial charge in [-0.1, -0.05) is 6.92 Å². The fourth-order valence-corrected chi connectivity index (χ4v) is 1.39. The summed E-state index contributed by atoms with van der Waals surface area (Å²) >= 11 is 0. The molecule has 0 spiro atoms. The fraction of sp³-hybridized carbons (Fsp3) is 0.857. The lowest BCUT2D eigenvalue weighted by atomic mass is 10.3. The molecule has 2 rings (SSSR count). The first-order valence-electron chi connectivity index (χ1n) is 4.26. The molecule has 66 valence electrons. The van der Waals surface area contributed by atoms with E-state index in [0.29, 0.717) is 6.54 Å². The average Bonchev–Trinajstić information content (AvgIpc) is 2.62. The lowest BCUT2D eigenvalue weighted by Crippen LogP contribution is -2.11. The fourth-order valence-electron chi connectivity index (χ4n) is 1.39. The smallest absolute Gasteiger partial charge is 0.164 e. The molecule has 12 heavy (non-hydrogen) atoms. The van der Waals surface area contributed by atoms with Gasteiger partial charge in [0.2, 0.25) is 0 Å². The van der Waals surface area contributed by atoms with E-state index in [1.54, 1.807) is 0 Å². The monoisotopic (exact) mass is 167 g/mol. The number of nitrogens with two attached hydrogens (primary N) is 1. The Morgan fingerprint density at radius 3 is 3.00 bits per heavy atom. The molecule has 5 heteroatoms. The standard InChI is InChI=1S/C7H13N5/c1-5-2-6(5)4-12-7(3-8)9-10-11-12/h5-6H,2-4,8H2,1H3. The quantitative estimate of drug-likeness (QED) is 0.676. The van der Waals surface area contributed by atoms with Crippen LogP contribution in [0.2, 0.25) is 0 Å². The molecular formula is C7H13N5. The summed E-state index contributed by atoms with van der Waals surface area (Å²) in [5.41, 5.74) is 5.46. The highest BCUT2D eigenvalue weighted by atomic mass is 15.5. The van der Waals surface area contributed by atoms with Gasteiger partial charge in [0.25, 0.3) is 0 Å². The van der Waals surface area contributed by atoms with E-state index >= 15 is 0 Å². The minimum Gasteiger partial charge on any atom is -0.324 e. The highest BCUT2D eigenvalue weighted by Gasteiger charge is 2.33. The molecule has 5 nitrogen and oxygen atoms in total. The predicted molar refractivity (Wildman–Crippen MR) is 43.0 cm³/mol. The van der Waals surface area contributed by atoms with Crippen LogP contribution in [0.3, 0.4) is 0 Å². The van der Waals surface area contributed by atoms with Gasteiger partial charge in [0.05, 0.1) is 6.54 Å². The van der Waals surface area contributed by atoms with Gasteiger partial charge < -0.3 is 5.73 Å². The van der Waals surface area contributed by atoms with Crippen LogP contribution in [0.5, 0.6) is 0 Å². The van der Waals surface area contributed by atoms with Crippen LogP contribution < -0.4 is 5.73 Å². The third-order valence-electron chi connectivity index (χ3n) is 2.47. The molecule has 1 aliphatic carbocycles. The minimum atomic E-state index is 0.425. The number of hydrogen-bond acceptors (Lipinski definition) is 4. The first-order valence-corrected chi connectivity index (χ1v) is 4.26. The molecule has 2 atom stereocenters. The van der Waals surface area contributed by atoms with Crippen LogP contribution in [0.1, 0.15) is 19.2 Å². The van der Waals surface area contributed by atoms with E-state index in [9.17, 15) is 0 Å². The van der Waals surface area contributed by atoms with Crippen LogP contribution in [-0.4, -0.2) is 20.2 Å². The SMILES string of the molecule is CC1CC1Cn1nnnc1CN. The normalized spacial score (nSPS) is 27.5. The van der Waals surface area contributed by atoms with Crippen LogP contribution in [0, 0.1) is 11.8 Å². The Hall–Kier alpha value is -0.970. The Labute approximate surface area is 70.9 Å². The van der Waals surface area contributed by atoms with Gasteiger partial charge in [0.15, 0.2) is 5.82 Å². The zero-order chi connectivity index (χ0) is 8.55. The van der Waals surface area contributed by atoms with E-state index in [0.717, 1.165) is 24.2 Å². The second kappa shape index (κ2) is 2.82. The van der Waals surface area contributed by atoms with Gasteiger partial charge in [-0.15, -0.1) is 5.10 Å². The van der Waals surface area contributed by atoms with E-state index in [-0.39, 0.29) is 0 Å². The molecule has 0 amide bonds.